The Bertz CT molecular complexity index is 973. The summed E-state index contributed by atoms with van der Waals surface area (Å²) in [5, 5.41) is 11.5. The largest absolute Gasteiger partial charge is 0.496 e. The lowest BCUT2D eigenvalue weighted by Gasteiger charge is -2.36. The summed E-state index contributed by atoms with van der Waals surface area (Å²) in [7, 11) is -2.02. The van der Waals surface area contributed by atoms with Gasteiger partial charge in [0.2, 0.25) is 0 Å². The van der Waals surface area contributed by atoms with E-state index in [-0.39, 0.29) is 6.42 Å². The van der Waals surface area contributed by atoms with Gasteiger partial charge in [-0.3, -0.25) is 9.69 Å². The standard InChI is InChI=1S/C21H26N2O5S/c1-15-3-6-18(7-4-15)29(26,27)20-13-22-9-10-23(20)14-17-11-16(12-21(24)25)5-8-19(17)28-2/h3-8,11,20,22H,9-10,12-14H2,1-2H3,(H,24,25). The van der Waals surface area contributed by atoms with Gasteiger partial charge in [-0.25, -0.2) is 8.42 Å². The first-order chi connectivity index (χ1) is 13.8. The minimum absolute atomic E-state index is 0.0936. The van der Waals surface area contributed by atoms with Crippen LogP contribution in [0.15, 0.2) is 47.4 Å². The van der Waals surface area contributed by atoms with Crippen LogP contribution in [0.2, 0.25) is 0 Å². The van der Waals surface area contributed by atoms with Crippen LogP contribution in [0.25, 0.3) is 0 Å². The van der Waals surface area contributed by atoms with Crippen LogP contribution in [0.3, 0.4) is 0 Å². The Morgan fingerprint density at radius 2 is 1.97 bits per heavy atom. The van der Waals surface area contributed by atoms with Crippen molar-refractivity contribution in [1.82, 2.24) is 10.2 Å². The average Bonchev–Trinajstić information content (AvgIpc) is 2.68. The maximum atomic E-state index is 13.3. The summed E-state index contributed by atoms with van der Waals surface area (Å²) < 4.78 is 32.0. The summed E-state index contributed by atoms with van der Waals surface area (Å²) in [5.74, 6) is -0.299. The van der Waals surface area contributed by atoms with Gasteiger partial charge in [0.15, 0.2) is 9.84 Å². The summed E-state index contributed by atoms with van der Waals surface area (Å²) in [6.45, 7) is 3.84. The van der Waals surface area contributed by atoms with E-state index in [2.05, 4.69) is 5.32 Å². The van der Waals surface area contributed by atoms with E-state index >= 15 is 0 Å². The first-order valence-corrected chi connectivity index (χ1v) is 11.0. The fourth-order valence-corrected chi connectivity index (χ4v) is 5.29. The molecule has 7 nitrogen and oxygen atoms in total. The summed E-state index contributed by atoms with van der Waals surface area (Å²) >= 11 is 0. The molecule has 156 valence electrons. The van der Waals surface area contributed by atoms with Gasteiger partial charge in [0, 0.05) is 31.7 Å². The van der Waals surface area contributed by atoms with Crippen molar-refractivity contribution < 1.29 is 23.1 Å². The Hall–Kier alpha value is -2.42. The van der Waals surface area contributed by atoms with Crippen molar-refractivity contribution in [3.63, 3.8) is 0 Å². The zero-order chi connectivity index (χ0) is 21.0. The van der Waals surface area contributed by atoms with Gasteiger partial charge in [-0.05, 0) is 30.7 Å². The monoisotopic (exact) mass is 418 g/mol. The van der Waals surface area contributed by atoms with Gasteiger partial charge in [-0.2, -0.15) is 0 Å². The Balaban J connectivity index is 1.90. The molecule has 1 atom stereocenters. The highest BCUT2D eigenvalue weighted by atomic mass is 32.2. The maximum Gasteiger partial charge on any atom is 0.307 e. The molecule has 0 saturated carbocycles. The number of piperazine rings is 1. The van der Waals surface area contributed by atoms with E-state index in [4.69, 9.17) is 9.84 Å². The van der Waals surface area contributed by atoms with E-state index < -0.39 is 21.2 Å². The number of carboxylic acids is 1. The second-order valence-electron chi connectivity index (χ2n) is 7.20. The minimum Gasteiger partial charge on any atom is -0.496 e. The van der Waals surface area contributed by atoms with Crippen LogP contribution in [-0.4, -0.2) is 56.5 Å². The molecule has 8 heteroatoms. The number of ether oxygens (including phenoxy) is 1. The van der Waals surface area contributed by atoms with E-state index in [0.29, 0.717) is 42.4 Å². The van der Waals surface area contributed by atoms with Crippen molar-refractivity contribution in [2.45, 2.75) is 30.2 Å². The number of nitrogens with zero attached hydrogens (tertiary/aromatic N) is 1. The van der Waals surface area contributed by atoms with Crippen LogP contribution in [0, 0.1) is 6.92 Å². The van der Waals surface area contributed by atoms with Crippen molar-refractivity contribution in [3.8, 4) is 5.75 Å². The number of carbonyl (C=O) groups is 1. The third-order valence-electron chi connectivity index (χ3n) is 5.08. The number of benzene rings is 2. The van der Waals surface area contributed by atoms with Gasteiger partial charge in [0.25, 0.3) is 0 Å². The molecule has 1 fully saturated rings. The predicted molar refractivity (Wildman–Crippen MR) is 110 cm³/mol. The highest BCUT2D eigenvalue weighted by Gasteiger charge is 2.35. The first kappa shape index (κ1) is 21.3. The van der Waals surface area contributed by atoms with Crippen LogP contribution >= 0.6 is 0 Å². The van der Waals surface area contributed by atoms with Crippen LogP contribution in [-0.2, 0) is 27.6 Å². The second-order valence-corrected chi connectivity index (χ2v) is 9.31. The zero-order valence-corrected chi connectivity index (χ0v) is 17.4. The van der Waals surface area contributed by atoms with E-state index in [1.807, 2.05) is 11.8 Å². The van der Waals surface area contributed by atoms with Crippen LogP contribution in [0.1, 0.15) is 16.7 Å². The molecule has 2 aromatic rings. The molecule has 1 unspecified atom stereocenters. The smallest absolute Gasteiger partial charge is 0.307 e. The van der Waals surface area contributed by atoms with Crippen molar-refractivity contribution in [1.29, 1.82) is 0 Å². The first-order valence-electron chi connectivity index (χ1n) is 9.44. The Labute approximate surface area is 171 Å². The van der Waals surface area contributed by atoms with Crippen LogP contribution < -0.4 is 10.1 Å². The number of carboxylic acid groups (broad SMARTS) is 1. The topological polar surface area (TPSA) is 95.9 Å². The third kappa shape index (κ3) is 4.95. The van der Waals surface area contributed by atoms with Crippen LogP contribution in [0.5, 0.6) is 5.75 Å². The number of nitrogens with one attached hydrogen (secondary N) is 1. The van der Waals surface area contributed by atoms with Gasteiger partial charge >= 0.3 is 5.97 Å². The molecule has 3 rings (SSSR count). The minimum atomic E-state index is -3.57. The molecule has 0 radical (unpaired) electrons. The molecule has 1 aliphatic rings. The van der Waals surface area contributed by atoms with Gasteiger partial charge in [-0.15, -0.1) is 0 Å². The molecule has 1 heterocycles. The summed E-state index contributed by atoms with van der Waals surface area (Å²) in [5.41, 5.74) is 2.43. The predicted octanol–water partition coefficient (Wildman–Crippen LogP) is 1.84. The third-order valence-corrected chi connectivity index (χ3v) is 7.19. The number of sulfone groups is 1. The molecule has 0 bridgehead atoms. The Morgan fingerprint density at radius 1 is 1.24 bits per heavy atom. The molecule has 0 aliphatic carbocycles. The summed E-state index contributed by atoms with van der Waals surface area (Å²) in [6.07, 6.45) is -0.0936. The van der Waals surface area contributed by atoms with Crippen molar-refractivity contribution >= 4 is 15.8 Å². The fraction of sp³-hybridized carbons (Fsp3) is 0.381. The molecular weight excluding hydrogens is 392 g/mol. The van der Waals surface area contributed by atoms with E-state index in [1.54, 1.807) is 49.6 Å². The Kier molecular flexibility index (Phi) is 6.56. The lowest BCUT2D eigenvalue weighted by atomic mass is 10.1. The van der Waals surface area contributed by atoms with Gasteiger partial charge in [0.05, 0.1) is 18.4 Å². The van der Waals surface area contributed by atoms with Crippen LogP contribution in [0.4, 0.5) is 0 Å². The summed E-state index contributed by atoms with van der Waals surface area (Å²) in [6, 6.07) is 12.1. The van der Waals surface area contributed by atoms with Crippen molar-refractivity contribution in [2.75, 3.05) is 26.7 Å². The van der Waals surface area contributed by atoms with Crippen molar-refractivity contribution in [3.05, 3.63) is 59.2 Å². The molecule has 0 amide bonds. The molecule has 2 N–H and O–H groups in total. The molecule has 0 spiro atoms. The number of aryl methyl sites for hydroxylation is 1. The average molecular weight is 419 g/mol. The number of hydrogen-bond donors (Lipinski definition) is 2. The fourth-order valence-electron chi connectivity index (χ4n) is 3.55. The lowest BCUT2D eigenvalue weighted by molar-refractivity contribution is -0.136. The normalized spacial score (nSPS) is 17.8. The quantitative estimate of drug-likeness (QED) is 0.708. The Morgan fingerprint density at radius 3 is 2.62 bits per heavy atom. The summed E-state index contributed by atoms with van der Waals surface area (Å²) in [4.78, 5) is 13.3. The molecule has 2 aromatic carbocycles. The van der Waals surface area contributed by atoms with Gasteiger partial charge in [0.1, 0.15) is 11.1 Å². The lowest BCUT2D eigenvalue weighted by Crippen LogP contribution is -2.54. The van der Waals surface area contributed by atoms with Gasteiger partial charge < -0.3 is 15.2 Å². The number of methoxy groups -OCH3 is 1. The highest BCUT2D eigenvalue weighted by molar-refractivity contribution is 7.92. The van der Waals surface area contributed by atoms with E-state index in [0.717, 1.165) is 11.1 Å². The number of rotatable bonds is 7. The SMILES string of the molecule is COc1ccc(CC(=O)O)cc1CN1CCNCC1S(=O)(=O)c1ccc(C)cc1. The van der Waals surface area contributed by atoms with E-state index in [9.17, 15) is 13.2 Å². The molecular formula is C21H26N2O5S. The maximum absolute atomic E-state index is 13.3. The van der Waals surface area contributed by atoms with Crippen molar-refractivity contribution in [2.24, 2.45) is 0 Å². The highest BCUT2D eigenvalue weighted by Crippen LogP contribution is 2.26. The number of aliphatic carboxylic acids is 1. The zero-order valence-electron chi connectivity index (χ0n) is 16.6. The van der Waals surface area contributed by atoms with E-state index in [1.165, 1.54) is 0 Å². The van der Waals surface area contributed by atoms with Gasteiger partial charge in [-0.1, -0.05) is 29.8 Å². The molecule has 1 aliphatic heterocycles. The second kappa shape index (κ2) is 8.94. The molecule has 1 saturated heterocycles. The number of hydrogen-bond acceptors (Lipinski definition) is 6. The molecule has 29 heavy (non-hydrogen) atoms. The molecule has 0 aromatic heterocycles.